The van der Waals surface area contributed by atoms with Crippen LogP contribution in [0.2, 0.25) is 0 Å². The van der Waals surface area contributed by atoms with Crippen molar-refractivity contribution in [3.63, 3.8) is 0 Å². The molecule has 1 aliphatic rings. The van der Waals surface area contributed by atoms with Crippen LogP contribution < -0.4 is 9.47 Å². The van der Waals surface area contributed by atoms with Gasteiger partial charge in [0.25, 0.3) is 0 Å². The number of hydrogen-bond acceptors (Lipinski definition) is 4. The van der Waals surface area contributed by atoms with Crippen LogP contribution in [0.5, 0.6) is 11.5 Å². The molecule has 0 aliphatic heterocycles. The molecule has 4 heteroatoms. The zero-order valence-electron chi connectivity index (χ0n) is 19.1. The minimum absolute atomic E-state index is 0.280. The predicted molar refractivity (Wildman–Crippen MR) is 129 cm³/mol. The highest BCUT2D eigenvalue weighted by Gasteiger charge is 2.27. The summed E-state index contributed by atoms with van der Waals surface area (Å²) < 4.78 is 12.0. The third-order valence-electron chi connectivity index (χ3n) is 6.20. The molecule has 4 rings (SSSR count). The van der Waals surface area contributed by atoms with Crippen LogP contribution in [-0.4, -0.2) is 11.9 Å². The van der Waals surface area contributed by atoms with E-state index in [4.69, 9.17) is 9.47 Å². The zero-order chi connectivity index (χ0) is 23.0. The Morgan fingerprint density at radius 1 is 0.727 bits per heavy atom. The fraction of sp³-hybridized carbons (Fsp3) is 0.310. The maximum atomic E-state index is 13.1. The number of esters is 2. The first-order chi connectivity index (χ1) is 16.2. The molecular weight excluding hydrogens is 412 g/mol. The van der Waals surface area contributed by atoms with Crippen molar-refractivity contribution in [1.82, 2.24) is 0 Å². The Morgan fingerprint density at radius 2 is 1.27 bits per heavy atom. The van der Waals surface area contributed by atoms with E-state index in [0.717, 1.165) is 49.7 Å². The zero-order valence-corrected chi connectivity index (χ0v) is 19.1. The lowest BCUT2D eigenvalue weighted by atomic mass is 9.83. The van der Waals surface area contributed by atoms with Gasteiger partial charge in [0, 0.05) is 5.56 Å². The molecule has 0 radical (unpaired) electrons. The number of ether oxygens (including phenoxy) is 2. The van der Waals surface area contributed by atoms with Crippen LogP contribution in [0.15, 0.2) is 72.8 Å². The van der Waals surface area contributed by atoms with Gasteiger partial charge in [-0.25, -0.2) is 9.59 Å². The van der Waals surface area contributed by atoms with E-state index in [1.54, 1.807) is 36.4 Å². The topological polar surface area (TPSA) is 52.6 Å². The molecule has 1 aliphatic carbocycles. The molecule has 0 bridgehead atoms. The molecule has 0 amide bonds. The fourth-order valence-electron chi connectivity index (χ4n) is 4.49. The van der Waals surface area contributed by atoms with Gasteiger partial charge in [-0.1, -0.05) is 81.1 Å². The number of aryl methyl sites for hydroxylation is 1. The number of benzene rings is 3. The lowest BCUT2D eigenvalue weighted by Crippen LogP contribution is -2.17. The number of carbonyl (C=O) groups excluding carboxylic acids is 2. The van der Waals surface area contributed by atoms with E-state index >= 15 is 0 Å². The predicted octanol–water partition coefficient (Wildman–Crippen LogP) is 7.13. The Labute approximate surface area is 195 Å². The van der Waals surface area contributed by atoms with Crippen LogP contribution in [0, 0.1) is 0 Å². The number of hydrogen-bond donors (Lipinski definition) is 0. The molecule has 3 aromatic rings. The van der Waals surface area contributed by atoms with E-state index in [9.17, 15) is 9.59 Å². The first-order valence-electron chi connectivity index (χ1n) is 11.9. The van der Waals surface area contributed by atoms with E-state index in [1.807, 2.05) is 30.3 Å². The van der Waals surface area contributed by atoms with Gasteiger partial charge in [0.1, 0.15) is 0 Å². The van der Waals surface area contributed by atoms with Gasteiger partial charge < -0.3 is 9.47 Å². The molecule has 0 saturated heterocycles. The number of rotatable bonds is 7. The SMILES string of the molecule is CCCc1ccc(C2CCCCC2)c(OC(=O)c2ccccc2)c1OC(=O)c1ccccc1. The molecule has 0 heterocycles. The van der Waals surface area contributed by atoms with Gasteiger partial charge in [0.15, 0.2) is 11.5 Å². The number of carbonyl (C=O) groups is 2. The molecular formula is C29H30O4. The average Bonchev–Trinajstić information content (AvgIpc) is 2.87. The molecule has 4 nitrogen and oxygen atoms in total. The van der Waals surface area contributed by atoms with Gasteiger partial charge in [0.2, 0.25) is 0 Å². The van der Waals surface area contributed by atoms with Crippen molar-refractivity contribution in [2.45, 2.75) is 57.8 Å². The Bertz CT molecular complexity index is 1080. The second-order valence-electron chi connectivity index (χ2n) is 8.57. The van der Waals surface area contributed by atoms with Crippen LogP contribution in [0.1, 0.15) is 83.2 Å². The normalized spacial score (nSPS) is 14.0. The molecule has 0 N–H and O–H groups in total. The third kappa shape index (κ3) is 5.51. The Hall–Kier alpha value is -3.40. The molecule has 1 saturated carbocycles. The smallest absolute Gasteiger partial charge is 0.343 e. The van der Waals surface area contributed by atoms with Crippen molar-refractivity contribution in [1.29, 1.82) is 0 Å². The quantitative estimate of drug-likeness (QED) is 0.289. The van der Waals surface area contributed by atoms with Crippen molar-refractivity contribution >= 4 is 11.9 Å². The average molecular weight is 443 g/mol. The van der Waals surface area contributed by atoms with E-state index < -0.39 is 11.9 Å². The van der Waals surface area contributed by atoms with Crippen molar-refractivity contribution in [2.75, 3.05) is 0 Å². The van der Waals surface area contributed by atoms with Gasteiger partial charge in [0.05, 0.1) is 11.1 Å². The van der Waals surface area contributed by atoms with Crippen molar-refractivity contribution in [2.24, 2.45) is 0 Å². The van der Waals surface area contributed by atoms with E-state index in [1.165, 1.54) is 6.42 Å². The molecule has 1 fully saturated rings. The fourth-order valence-corrected chi connectivity index (χ4v) is 4.49. The summed E-state index contributed by atoms with van der Waals surface area (Å²) in [6, 6.07) is 21.9. The van der Waals surface area contributed by atoms with Gasteiger partial charge in [-0.2, -0.15) is 0 Å². The second kappa shape index (κ2) is 11.0. The Kier molecular flexibility index (Phi) is 7.56. The summed E-state index contributed by atoms with van der Waals surface area (Å²) in [6.45, 7) is 2.08. The summed E-state index contributed by atoms with van der Waals surface area (Å²) in [5, 5.41) is 0. The van der Waals surface area contributed by atoms with Crippen molar-refractivity contribution < 1.29 is 19.1 Å². The standard InChI is InChI=1S/C29H30O4/c1-2-12-22-19-20-25(21-13-6-3-7-14-21)27(33-29(31)24-17-10-5-11-18-24)26(22)32-28(30)23-15-8-4-9-16-23/h4-5,8-11,15-21H,2-3,6-7,12-14H2,1H3. The Morgan fingerprint density at radius 3 is 1.82 bits per heavy atom. The molecule has 0 atom stereocenters. The summed E-state index contributed by atoms with van der Waals surface area (Å²) in [4.78, 5) is 26.1. The first kappa shape index (κ1) is 22.8. The third-order valence-corrected chi connectivity index (χ3v) is 6.20. The summed E-state index contributed by atoms with van der Waals surface area (Å²) in [7, 11) is 0. The lowest BCUT2D eigenvalue weighted by molar-refractivity contribution is 0.0678. The maximum absolute atomic E-state index is 13.1. The summed E-state index contributed by atoms with van der Waals surface area (Å²) in [5.74, 6) is 0.148. The van der Waals surface area contributed by atoms with Crippen LogP contribution in [0.4, 0.5) is 0 Å². The maximum Gasteiger partial charge on any atom is 0.343 e. The highest BCUT2D eigenvalue weighted by molar-refractivity contribution is 5.93. The highest BCUT2D eigenvalue weighted by Crippen LogP contribution is 2.44. The second-order valence-corrected chi connectivity index (χ2v) is 8.57. The summed E-state index contributed by atoms with van der Waals surface area (Å²) in [6.07, 6.45) is 7.19. The first-order valence-corrected chi connectivity index (χ1v) is 11.9. The summed E-state index contributed by atoms with van der Waals surface area (Å²) >= 11 is 0. The minimum Gasteiger partial charge on any atom is -0.419 e. The van der Waals surface area contributed by atoms with Crippen LogP contribution in [0.25, 0.3) is 0 Å². The molecule has 33 heavy (non-hydrogen) atoms. The van der Waals surface area contributed by atoms with Crippen molar-refractivity contribution in [3.05, 3.63) is 95.1 Å². The van der Waals surface area contributed by atoms with Crippen molar-refractivity contribution in [3.8, 4) is 11.5 Å². The van der Waals surface area contributed by atoms with Gasteiger partial charge in [-0.05, 0) is 55.0 Å². The molecule has 0 spiro atoms. The van der Waals surface area contributed by atoms with Crippen LogP contribution >= 0.6 is 0 Å². The van der Waals surface area contributed by atoms with Crippen LogP contribution in [0.3, 0.4) is 0 Å². The molecule has 0 unspecified atom stereocenters. The van der Waals surface area contributed by atoms with Crippen LogP contribution in [-0.2, 0) is 6.42 Å². The van der Waals surface area contributed by atoms with Gasteiger partial charge in [-0.3, -0.25) is 0 Å². The molecule has 0 aromatic heterocycles. The van der Waals surface area contributed by atoms with Gasteiger partial charge >= 0.3 is 11.9 Å². The largest absolute Gasteiger partial charge is 0.419 e. The van der Waals surface area contributed by atoms with E-state index in [2.05, 4.69) is 13.0 Å². The molecule has 3 aromatic carbocycles. The highest BCUT2D eigenvalue weighted by atomic mass is 16.6. The monoisotopic (exact) mass is 442 g/mol. The lowest BCUT2D eigenvalue weighted by Gasteiger charge is -2.26. The Balaban J connectivity index is 1.78. The molecule has 170 valence electrons. The van der Waals surface area contributed by atoms with Gasteiger partial charge in [-0.15, -0.1) is 0 Å². The van der Waals surface area contributed by atoms with E-state index in [-0.39, 0.29) is 5.92 Å². The minimum atomic E-state index is -0.453. The summed E-state index contributed by atoms with van der Waals surface area (Å²) in [5.41, 5.74) is 2.75. The van der Waals surface area contributed by atoms with E-state index in [0.29, 0.717) is 22.6 Å².